The SMILES string of the molecule is CN(C#N)Cc1c[nH]c2ccccc12. The third kappa shape index (κ3) is 1.42. The monoisotopic (exact) mass is 185 g/mol. The molecule has 1 aromatic heterocycles. The lowest BCUT2D eigenvalue weighted by Crippen LogP contribution is -2.09. The summed E-state index contributed by atoms with van der Waals surface area (Å²) in [5.41, 5.74) is 2.28. The van der Waals surface area contributed by atoms with E-state index in [9.17, 15) is 0 Å². The maximum Gasteiger partial charge on any atom is 0.179 e. The van der Waals surface area contributed by atoms with E-state index < -0.39 is 0 Å². The van der Waals surface area contributed by atoms with Gasteiger partial charge in [0.15, 0.2) is 6.19 Å². The first-order valence-electron chi connectivity index (χ1n) is 4.47. The Bertz CT molecular complexity index is 478. The quantitative estimate of drug-likeness (QED) is 0.575. The van der Waals surface area contributed by atoms with Crippen molar-refractivity contribution in [3.8, 4) is 6.19 Å². The van der Waals surface area contributed by atoms with E-state index >= 15 is 0 Å². The number of hydrogen-bond acceptors (Lipinski definition) is 2. The van der Waals surface area contributed by atoms with E-state index in [-0.39, 0.29) is 0 Å². The van der Waals surface area contributed by atoms with Gasteiger partial charge in [-0.05, 0) is 11.6 Å². The van der Waals surface area contributed by atoms with Crippen molar-refractivity contribution in [1.82, 2.24) is 9.88 Å². The average molecular weight is 185 g/mol. The summed E-state index contributed by atoms with van der Waals surface area (Å²) in [7, 11) is 1.78. The molecule has 0 saturated carbocycles. The minimum atomic E-state index is 0.653. The number of aromatic nitrogens is 1. The van der Waals surface area contributed by atoms with Gasteiger partial charge in [0.2, 0.25) is 0 Å². The number of nitrogens with zero attached hydrogens (tertiary/aromatic N) is 2. The normalized spacial score (nSPS) is 10.0. The molecule has 0 saturated heterocycles. The lowest BCUT2D eigenvalue weighted by molar-refractivity contribution is 0.471. The molecule has 0 unspecified atom stereocenters. The summed E-state index contributed by atoms with van der Waals surface area (Å²) < 4.78 is 0. The van der Waals surface area contributed by atoms with Crippen LogP contribution in [0.4, 0.5) is 0 Å². The Labute approximate surface area is 82.6 Å². The molecule has 0 aliphatic carbocycles. The predicted molar refractivity (Wildman–Crippen MR) is 55.4 cm³/mol. The minimum absolute atomic E-state index is 0.653. The van der Waals surface area contributed by atoms with Gasteiger partial charge < -0.3 is 9.88 Å². The fraction of sp³-hybridized carbons (Fsp3) is 0.182. The Morgan fingerprint density at radius 3 is 3.00 bits per heavy atom. The number of para-hydroxylation sites is 1. The lowest BCUT2D eigenvalue weighted by atomic mass is 10.2. The van der Waals surface area contributed by atoms with Crippen LogP contribution < -0.4 is 0 Å². The molecule has 2 rings (SSSR count). The van der Waals surface area contributed by atoms with Gasteiger partial charge in [-0.25, -0.2) is 0 Å². The predicted octanol–water partition coefficient (Wildman–Crippen LogP) is 2.08. The highest BCUT2D eigenvalue weighted by Gasteiger charge is 2.03. The second kappa shape index (κ2) is 3.43. The van der Waals surface area contributed by atoms with Gasteiger partial charge in [-0.15, -0.1) is 0 Å². The van der Waals surface area contributed by atoms with Crippen molar-refractivity contribution in [1.29, 1.82) is 5.26 Å². The average Bonchev–Trinajstić information content (AvgIpc) is 2.62. The van der Waals surface area contributed by atoms with Crippen LogP contribution in [0, 0.1) is 11.5 Å². The molecule has 0 amide bonds. The van der Waals surface area contributed by atoms with Gasteiger partial charge in [-0.2, -0.15) is 5.26 Å². The van der Waals surface area contributed by atoms with Crippen molar-refractivity contribution in [3.63, 3.8) is 0 Å². The Hall–Kier alpha value is -1.95. The fourth-order valence-electron chi connectivity index (χ4n) is 1.55. The summed E-state index contributed by atoms with van der Waals surface area (Å²) in [6, 6.07) is 8.10. The number of H-pyrrole nitrogens is 1. The zero-order valence-corrected chi connectivity index (χ0v) is 7.99. The van der Waals surface area contributed by atoms with E-state index in [1.54, 1.807) is 11.9 Å². The maximum atomic E-state index is 8.67. The van der Waals surface area contributed by atoms with Crippen LogP contribution in [0.3, 0.4) is 0 Å². The van der Waals surface area contributed by atoms with Crippen LogP contribution in [0.2, 0.25) is 0 Å². The van der Waals surface area contributed by atoms with Crippen LogP contribution >= 0.6 is 0 Å². The zero-order chi connectivity index (χ0) is 9.97. The van der Waals surface area contributed by atoms with Crippen molar-refractivity contribution < 1.29 is 0 Å². The second-order valence-corrected chi connectivity index (χ2v) is 3.32. The van der Waals surface area contributed by atoms with Crippen LogP contribution in [-0.4, -0.2) is 16.9 Å². The standard InChI is InChI=1S/C11H11N3/c1-14(8-12)7-9-6-13-11-5-3-2-4-10(9)11/h2-6,13H,7H2,1H3. The van der Waals surface area contributed by atoms with Crippen molar-refractivity contribution >= 4 is 10.9 Å². The molecule has 0 radical (unpaired) electrons. The maximum absolute atomic E-state index is 8.67. The van der Waals surface area contributed by atoms with Gasteiger partial charge in [-0.1, -0.05) is 18.2 Å². The number of nitrogens with one attached hydrogen (secondary N) is 1. The highest BCUT2D eigenvalue weighted by atomic mass is 15.1. The van der Waals surface area contributed by atoms with Gasteiger partial charge in [0.25, 0.3) is 0 Å². The molecule has 0 atom stereocenters. The molecule has 0 bridgehead atoms. The third-order valence-electron chi connectivity index (χ3n) is 2.25. The molecule has 3 nitrogen and oxygen atoms in total. The molecule has 1 heterocycles. The first-order chi connectivity index (χ1) is 6.81. The van der Waals surface area contributed by atoms with Crippen molar-refractivity contribution in [2.45, 2.75) is 6.54 Å². The molecule has 0 fully saturated rings. The summed E-state index contributed by atoms with van der Waals surface area (Å²) >= 11 is 0. The highest BCUT2D eigenvalue weighted by molar-refractivity contribution is 5.82. The molecule has 1 aromatic carbocycles. The second-order valence-electron chi connectivity index (χ2n) is 3.32. The number of hydrogen-bond donors (Lipinski definition) is 1. The van der Waals surface area contributed by atoms with Crippen molar-refractivity contribution in [2.24, 2.45) is 0 Å². The van der Waals surface area contributed by atoms with E-state index in [2.05, 4.69) is 17.2 Å². The molecule has 1 N–H and O–H groups in total. The first kappa shape index (κ1) is 8.64. The van der Waals surface area contributed by atoms with Gasteiger partial charge in [0, 0.05) is 24.1 Å². The van der Waals surface area contributed by atoms with Crippen LogP contribution in [0.1, 0.15) is 5.56 Å². The van der Waals surface area contributed by atoms with Gasteiger partial charge in [-0.3, -0.25) is 0 Å². The molecule has 0 aliphatic rings. The smallest absolute Gasteiger partial charge is 0.179 e. The molecule has 0 spiro atoms. The van der Waals surface area contributed by atoms with Crippen LogP contribution in [0.25, 0.3) is 10.9 Å². The number of benzene rings is 1. The molecule has 3 heteroatoms. The van der Waals surface area contributed by atoms with E-state index in [0.717, 1.165) is 11.1 Å². The van der Waals surface area contributed by atoms with Crippen LogP contribution in [0.15, 0.2) is 30.5 Å². The molecular formula is C11H11N3. The summed E-state index contributed by atoms with van der Waals surface area (Å²) in [6.45, 7) is 0.653. The summed E-state index contributed by atoms with van der Waals surface area (Å²) in [5, 5.41) is 9.86. The van der Waals surface area contributed by atoms with Gasteiger partial charge in [0.1, 0.15) is 0 Å². The van der Waals surface area contributed by atoms with E-state index in [1.807, 2.05) is 24.4 Å². The number of aromatic amines is 1. The fourth-order valence-corrected chi connectivity index (χ4v) is 1.55. The largest absolute Gasteiger partial charge is 0.361 e. The number of fused-ring (bicyclic) bond motifs is 1. The van der Waals surface area contributed by atoms with Crippen molar-refractivity contribution in [3.05, 3.63) is 36.0 Å². The summed E-state index contributed by atoms with van der Waals surface area (Å²) in [4.78, 5) is 4.79. The Morgan fingerprint density at radius 1 is 1.43 bits per heavy atom. The summed E-state index contributed by atoms with van der Waals surface area (Å²) in [5.74, 6) is 0. The lowest BCUT2D eigenvalue weighted by Gasteiger charge is -2.06. The Balaban J connectivity index is 2.39. The molecule has 0 aliphatic heterocycles. The Kier molecular flexibility index (Phi) is 2.11. The number of rotatable bonds is 2. The summed E-state index contributed by atoms with van der Waals surface area (Å²) in [6.07, 6.45) is 4.04. The number of nitriles is 1. The molecule has 2 aromatic rings. The first-order valence-corrected chi connectivity index (χ1v) is 4.47. The highest BCUT2D eigenvalue weighted by Crippen LogP contribution is 2.18. The van der Waals surface area contributed by atoms with Crippen molar-refractivity contribution in [2.75, 3.05) is 7.05 Å². The van der Waals surface area contributed by atoms with Crippen LogP contribution in [0.5, 0.6) is 0 Å². The topological polar surface area (TPSA) is 42.8 Å². The van der Waals surface area contributed by atoms with Gasteiger partial charge in [0.05, 0.1) is 6.54 Å². The molecule has 14 heavy (non-hydrogen) atoms. The van der Waals surface area contributed by atoms with E-state index in [1.165, 1.54) is 5.39 Å². The third-order valence-corrected chi connectivity index (χ3v) is 2.25. The Morgan fingerprint density at radius 2 is 2.21 bits per heavy atom. The molecular weight excluding hydrogens is 174 g/mol. The van der Waals surface area contributed by atoms with Gasteiger partial charge >= 0.3 is 0 Å². The molecule has 70 valence electrons. The van der Waals surface area contributed by atoms with E-state index in [0.29, 0.717) is 6.54 Å². The van der Waals surface area contributed by atoms with E-state index in [4.69, 9.17) is 5.26 Å². The minimum Gasteiger partial charge on any atom is -0.361 e. The zero-order valence-electron chi connectivity index (χ0n) is 7.99. The van der Waals surface area contributed by atoms with Crippen LogP contribution in [-0.2, 0) is 6.54 Å².